The van der Waals surface area contributed by atoms with Crippen molar-refractivity contribution in [1.82, 2.24) is 0 Å². The van der Waals surface area contributed by atoms with E-state index in [1.165, 1.54) is 0 Å². The van der Waals surface area contributed by atoms with Gasteiger partial charge in [-0.25, -0.2) is 0 Å². The molecule has 0 aliphatic carbocycles. The van der Waals surface area contributed by atoms with E-state index in [-0.39, 0.29) is 17.4 Å². The fourth-order valence-corrected chi connectivity index (χ4v) is 2.12. The third-order valence-corrected chi connectivity index (χ3v) is 3.24. The van der Waals surface area contributed by atoms with E-state index in [4.69, 9.17) is 9.47 Å². The highest BCUT2D eigenvalue weighted by Gasteiger charge is 2.19. The van der Waals surface area contributed by atoms with Crippen LogP contribution in [-0.2, 0) is 19.7 Å². The molecule has 0 saturated carbocycles. The van der Waals surface area contributed by atoms with Crippen molar-refractivity contribution in [3.05, 3.63) is 29.8 Å². The van der Waals surface area contributed by atoms with E-state index >= 15 is 0 Å². The van der Waals surface area contributed by atoms with Crippen LogP contribution in [0.4, 0.5) is 0 Å². The third kappa shape index (κ3) is 6.29. The van der Waals surface area contributed by atoms with E-state index < -0.39 is 0 Å². The van der Waals surface area contributed by atoms with E-state index in [2.05, 4.69) is 20.8 Å². The summed E-state index contributed by atoms with van der Waals surface area (Å²) in [5.74, 6) is 0.139. The van der Waals surface area contributed by atoms with Gasteiger partial charge in [0.25, 0.3) is 0 Å². The van der Waals surface area contributed by atoms with Crippen molar-refractivity contribution in [3.8, 4) is 5.75 Å². The number of benzene rings is 1. The van der Waals surface area contributed by atoms with Crippen molar-refractivity contribution in [2.75, 3.05) is 6.61 Å². The van der Waals surface area contributed by atoms with Crippen LogP contribution in [0.5, 0.6) is 5.75 Å². The molecule has 0 aromatic heterocycles. The van der Waals surface area contributed by atoms with Gasteiger partial charge >= 0.3 is 11.9 Å². The van der Waals surface area contributed by atoms with Crippen LogP contribution < -0.4 is 4.74 Å². The summed E-state index contributed by atoms with van der Waals surface area (Å²) in [5.41, 5.74) is 0.927. The maximum Gasteiger partial charge on any atom is 0.311 e. The molecule has 1 rings (SSSR count). The van der Waals surface area contributed by atoms with Crippen LogP contribution in [-0.4, -0.2) is 18.5 Å². The molecule has 0 saturated heterocycles. The van der Waals surface area contributed by atoms with Crippen LogP contribution in [0.15, 0.2) is 24.3 Å². The molecule has 22 heavy (non-hydrogen) atoms. The second-order valence-electron chi connectivity index (χ2n) is 6.23. The lowest BCUT2D eigenvalue weighted by atomic mass is 9.86. The predicted molar refractivity (Wildman–Crippen MR) is 85.9 cm³/mol. The summed E-state index contributed by atoms with van der Waals surface area (Å²) in [6.07, 6.45) is 1.90. The Bertz CT molecular complexity index is 500. The predicted octanol–water partition coefficient (Wildman–Crippen LogP) is 4.01. The normalized spacial score (nSPS) is 11.1. The number of carbonyl (C=O) groups excluding carboxylic acids is 2. The number of ether oxygens (including phenoxy) is 2. The summed E-state index contributed by atoms with van der Waals surface area (Å²) in [7, 11) is 0. The molecule has 0 bridgehead atoms. The summed E-state index contributed by atoms with van der Waals surface area (Å²) in [6, 6.07) is 7.59. The van der Waals surface area contributed by atoms with Crippen molar-refractivity contribution >= 4 is 11.9 Å². The van der Waals surface area contributed by atoms with Gasteiger partial charge in [-0.05, 0) is 31.2 Å². The summed E-state index contributed by atoms with van der Waals surface area (Å²) >= 11 is 0. The SMILES string of the molecule is CCOC(=O)CCCCC(=O)Oc1ccccc1C(C)(C)C. The second-order valence-corrected chi connectivity index (χ2v) is 6.23. The zero-order valence-electron chi connectivity index (χ0n) is 14.0. The zero-order valence-corrected chi connectivity index (χ0v) is 14.0. The molecule has 1 aromatic rings. The zero-order chi connectivity index (χ0) is 16.6. The molecule has 0 aliphatic rings. The lowest BCUT2D eigenvalue weighted by molar-refractivity contribution is -0.143. The number of unbranched alkanes of at least 4 members (excludes halogenated alkanes) is 1. The van der Waals surface area contributed by atoms with Gasteiger partial charge in [0.05, 0.1) is 6.61 Å². The summed E-state index contributed by atoms with van der Waals surface area (Å²) in [6.45, 7) is 8.42. The molecule has 4 heteroatoms. The monoisotopic (exact) mass is 306 g/mol. The van der Waals surface area contributed by atoms with E-state index in [0.29, 0.717) is 38.0 Å². The maximum atomic E-state index is 11.9. The molecular weight excluding hydrogens is 280 g/mol. The molecule has 0 unspecified atom stereocenters. The molecule has 1 aromatic carbocycles. The number of hydrogen-bond acceptors (Lipinski definition) is 4. The van der Waals surface area contributed by atoms with Crippen LogP contribution in [0.25, 0.3) is 0 Å². The van der Waals surface area contributed by atoms with Crippen molar-refractivity contribution in [2.45, 2.75) is 58.8 Å². The molecule has 0 N–H and O–H groups in total. The first kappa shape index (κ1) is 18.2. The molecule has 0 amide bonds. The minimum Gasteiger partial charge on any atom is -0.466 e. The van der Waals surface area contributed by atoms with Gasteiger partial charge in [0.15, 0.2) is 0 Å². The molecule has 0 radical (unpaired) electrons. The Balaban J connectivity index is 2.45. The number of esters is 2. The van der Waals surface area contributed by atoms with E-state index in [0.717, 1.165) is 5.56 Å². The molecule has 4 nitrogen and oxygen atoms in total. The van der Waals surface area contributed by atoms with Crippen LogP contribution in [0, 0.1) is 0 Å². The van der Waals surface area contributed by atoms with Crippen molar-refractivity contribution in [1.29, 1.82) is 0 Å². The molecular formula is C18H26O4. The van der Waals surface area contributed by atoms with Gasteiger partial charge in [-0.15, -0.1) is 0 Å². The van der Waals surface area contributed by atoms with Crippen LogP contribution in [0.1, 0.15) is 58.9 Å². The maximum absolute atomic E-state index is 11.9. The number of hydrogen-bond donors (Lipinski definition) is 0. The Kier molecular flexibility index (Phi) is 7.09. The molecule has 0 aliphatic heterocycles. The molecule has 0 atom stereocenters. The standard InChI is InChI=1S/C18H26O4/c1-5-21-16(19)12-8-9-13-17(20)22-15-11-7-6-10-14(15)18(2,3)4/h6-7,10-11H,5,8-9,12-13H2,1-4H3. The number of para-hydroxylation sites is 1. The lowest BCUT2D eigenvalue weighted by Crippen LogP contribution is -2.16. The first-order valence-corrected chi connectivity index (χ1v) is 7.80. The Labute approximate surface area is 132 Å². The van der Waals surface area contributed by atoms with Crippen LogP contribution in [0.2, 0.25) is 0 Å². The summed E-state index contributed by atoms with van der Waals surface area (Å²) < 4.78 is 10.3. The largest absolute Gasteiger partial charge is 0.466 e. The second kappa shape index (κ2) is 8.57. The van der Waals surface area contributed by atoms with E-state index in [9.17, 15) is 9.59 Å². The molecule has 0 spiro atoms. The van der Waals surface area contributed by atoms with Crippen molar-refractivity contribution < 1.29 is 19.1 Å². The number of rotatable bonds is 7. The molecule has 122 valence electrons. The first-order chi connectivity index (χ1) is 10.3. The highest BCUT2D eigenvalue weighted by Crippen LogP contribution is 2.31. The Morgan fingerprint density at radius 2 is 1.59 bits per heavy atom. The smallest absolute Gasteiger partial charge is 0.311 e. The average molecular weight is 306 g/mol. The average Bonchev–Trinajstić information content (AvgIpc) is 2.43. The van der Waals surface area contributed by atoms with E-state index in [1.807, 2.05) is 24.3 Å². The van der Waals surface area contributed by atoms with E-state index in [1.54, 1.807) is 6.92 Å². The van der Waals surface area contributed by atoms with Gasteiger partial charge in [-0.2, -0.15) is 0 Å². The van der Waals surface area contributed by atoms with Crippen molar-refractivity contribution in [3.63, 3.8) is 0 Å². The Morgan fingerprint density at radius 1 is 1.00 bits per heavy atom. The Hall–Kier alpha value is -1.84. The van der Waals surface area contributed by atoms with Gasteiger partial charge < -0.3 is 9.47 Å². The fraction of sp³-hybridized carbons (Fsp3) is 0.556. The highest BCUT2D eigenvalue weighted by molar-refractivity contribution is 5.73. The topological polar surface area (TPSA) is 52.6 Å². The van der Waals surface area contributed by atoms with Gasteiger partial charge in [0.2, 0.25) is 0 Å². The van der Waals surface area contributed by atoms with Crippen LogP contribution in [0.3, 0.4) is 0 Å². The summed E-state index contributed by atoms with van der Waals surface area (Å²) in [4.78, 5) is 23.1. The minimum atomic E-state index is -0.263. The van der Waals surface area contributed by atoms with Gasteiger partial charge in [-0.1, -0.05) is 39.0 Å². The minimum absolute atomic E-state index is 0.0826. The third-order valence-electron chi connectivity index (χ3n) is 3.24. The molecule has 0 fully saturated rings. The Morgan fingerprint density at radius 3 is 2.18 bits per heavy atom. The summed E-state index contributed by atoms with van der Waals surface area (Å²) in [5, 5.41) is 0. The van der Waals surface area contributed by atoms with Crippen LogP contribution >= 0.6 is 0 Å². The first-order valence-electron chi connectivity index (χ1n) is 7.80. The fourth-order valence-electron chi connectivity index (χ4n) is 2.12. The number of carbonyl (C=O) groups is 2. The lowest BCUT2D eigenvalue weighted by Gasteiger charge is -2.22. The van der Waals surface area contributed by atoms with Gasteiger partial charge in [0, 0.05) is 18.4 Å². The van der Waals surface area contributed by atoms with Gasteiger partial charge in [-0.3, -0.25) is 9.59 Å². The van der Waals surface area contributed by atoms with Crippen molar-refractivity contribution in [2.24, 2.45) is 0 Å². The van der Waals surface area contributed by atoms with Gasteiger partial charge in [0.1, 0.15) is 5.75 Å². The highest BCUT2D eigenvalue weighted by atomic mass is 16.5. The molecule has 0 heterocycles. The quantitative estimate of drug-likeness (QED) is 0.434.